The van der Waals surface area contributed by atoms with Gasteiger partial charge in [0.15, 0.2) is 0 Å². The van der Waals surface area contributed by atoms with Crippen LogP contribution in [0.3, 0.4) is 0 Å². The summed E-state index contributed by atoms with van der Waals surface area (Å²) >= 11 is 0. The van der Waals surface area contributed by atoms with E-state index >= 15 is 0 Å². The molecule has 5 aliphatic rings. The standard InChI is InChI=1S/C30H48O4/c1-25(2)16-19-18-8-9-21-27(5)12-11-22(32)26(3,4)20(27)10-13-29(21,7)28(18,6)14-15-30(19,17-31)24(34)23(25)33/h8,14-15,19-24,31-34H,9-13,16-17H2,1-7H3/t19-,20-,21-,22-,23+,24-,27-,28+,29+,30-/m0/s1. The van der Waals surface area contributed by atoms with Crippen molar-refractivity contribution in [2.45, 2.75) is 105 Å². The van der Waals surface area contributed by atoms with Crippen molar-refractivity contribution in [2.75, 3.05) is 6.61 Å². The molecule has 0 aromatic carbocycles. The van der Waals surface area contributed by atoms with Crippen molar-refractivity contribution in [2.24, 2.45) is 50.2 Å². The number of hydrogen-bond acceptors (Lipinski definition) is 4. The van der Waals surface area contributed by atoms with E-state index in [2.05, 4.69) is 52.8 Å². The molecule has 0 bridgehead atoms. The first-order chi connectivity index (χ1) is 15.6. The molecule has 4 nitrogen and oxygen atoms in total. The average Bonchev–Trinajstić information content (AvgIpc) is 2.76. The molecule has 0 aliphatic heterocycles. The predicted octanol–water partition coefficient (Wildman–Crippen LogP) is 4.86. The van der Waals surface area contributed by atoms with Crippen LogP contribution in [0.15, 0.2) is 23.8 Å². The van der Waals surface area contributed by atoms with Gasteiger partial charge in [-0.3, -0.25) is 0 Å². The van der Waals surface area contributed by atoms with E-state index in [0.717, 1.165) is 38.5 Å². The fourth-order valence-corrected chi connectivity index (χ4v) is 10.2. The first-order valence-corrected chi connectivity index (χ1v) is 13.7. The summed E-state index contributed by atoms with van der Waals surface area (Å²) < 4.78 is 0. The van der Waals surface area contributed by atoms with Crippen molar-refractivity contribution in [1.29, 1.82) is 0 Å². The normalized spacial score (nSPS) is 55.3. The molecular formula is C30H48O4. The Labute approximate surface area is 206 Å². The van der Waals surface area contributed by atoms with Crippen LogP contribution in [0.2, 0.25) is 0 Å². The maximum Gasteiger partial charge on any atom is 0.0922 e. The van der Waals surface area contributed by atoms with Gasteiger partial charge in [-0.2, -0.15) is 0 Å². The minimum absolute atomic E-state index is 0.0221. The van der Waals surface area contributed by atoms with E-state index in [0.29, 0.717) is 11.8 Å². The van der Waals surface area contributed by atoms with Crippen molar-refractivity contribution in [3.05, 3.63) is 23.8 Å². The highest BCUT2D eigenvalue weighted by atomic mass is 16.3. The van der Waals surface area contributed by atoms with Crippen LogP contribution in [0.1, 0.15) is 87.0 Å². The molecule has 0 aromatic rings. The molecule has 3 fully saturated rings. The molecule has 0 aromatic heterocycles. The summed E-state index contributed by atoms with van der Waals surface area (Å²) in [6.07, 6.45) is 10.8. The monoisotopic (exact) mass is 472 g/mol. The zero-order chi connectivity index (χ0) is 25.1. The Morgan fingerprint density at radius 3 is 2.18 bits per heavy atom. The van der Waals surface area contributed by atoms with Gasteiger partial charge >= 0.3 is 0 Å². The summed E-state index contributed by atoms with van der Waals surface area (Å²) in [6.45, 7) is 15.9. The lowest BCUT2D eigenvalue weighted by Gasteiger charge is -2.70. The Kier molecular flexibility index (Phi) is 5.30. The van der Waals surface area contributed by atoms with Gasteiger partial charge in [-0.1, -0.05) is 72.3 Å². The lowest BCUT2D eigenvalue weighted by Crippen LogP contribution is -2.66. The topological polar surface area (TPSA) is 80.9 Å². The summed E-state index contributed by atoms with van der Waals surface area (Å²) in [6, 6.07) is 0. The molecule has 34 heavy (non-hydrogen) atoms. The fraction of sp³-hybridized carbons (Fsp3) is 0.867. The molecule has 5 aliphatic carbocycles. The van der Waals surface area contributed by atoms with Crippen molar-refractivity contribution in [1.82, 2.24) is 0 Å². The zero-order valence-electron chi connectivity index (χ0n) is 22.4. The fourth-order valence-electron chi connectivity index (χ4n) is 10.2. The number of aliphatic hydroxyl groups excluding tert-OH is 4. The molecule has 0 spiro atoms. The van der Waals surface area contributed by atoms with Crippen LogP contribution in [0.25, 0.3) is 0 Å². The van der Waals surface area contributed by atoms with Crippen molar-refractivity contribution < 1.29 is 20.4 Å². The Morgan fingerprint density at radius 1 is 0.853 bits per heavy atom. The van der Waals surface area contributed by atoms with Gasteiger partial charge in [0, 0.05) is 10.8 Å². The average molecular weight is 473 g/mol. The second-order valence-corrected chi connectivity index (χ2v) is 14.8. The summed E-state index contributed by atoms with van der Waals surface area (Å²) in [5.41, 5.74) is 0.180. The Morgan fingerprint density at radius 2 is 1.53 bits per heavy atom. The molecule has 3 saturated carbocycles. The SMILES string of the molecule is CC1(C)C[C@H]2C3=CC[C@H]4[C@@]5(C)CC[C@H](O)C(C)(C)[C@@H]5CC[C@@]4(C)[C@]3(C)C=C[C@@]2(CO)[C@@H](O)[C@H]1O. The third-order valence-corrected chi connectivity index (χ3v) is 12.8. The van der Waals surface area contributed by atoms with Crippen LogP contribution >= 0.6 is 0 Å². The smallest absolute Gasteiger partial charge is 0.0922 e. The van der Waals surface area contributed by atoms with Crippen LogP contribution in [0.5, 0.6) is 0 Å². The van der Waals surface area contributed by atoms with Gasteiger partial charge < -0.3 is 20.4 Å². The summed E-state index contributed by atoms with van der Waals surface area (Å²) in [7, 11) is 0. The van der Waals surface area contributed by atoms with Crippen LogP contribution in [-0.2, 0) is 0 Å². The van der Waals surface area contributed by atoms with E-state index in [1.807, 2.05) is 13.8 Å². The maximum absolute atomic E-state index is 11.3. The Bertz CT molecular complexity index is 919. The van der Waals surface area contributed by atoms with Crippen LogP contribution < -0.4 is 0 Å². The zero-order valence-corrected chi connectivity index (χ0v) is 22.4. The maximum atomic E-state index is 11.3. The molecule has 192 valence electrons. The van der Waals surface area contributed by atoms with Gasteiger partial charge in [0.25, 0.3) is 0 Å². The van der Waals surface area contributed by atoms with Crippen molar-refractivity contribution in [3.8, 4) is 0 Å². The highest BCUT2D eigenvalue weighted by molar-refractivity contribution is 5.42. The Hall–Kier alpha value is -0.680. The Balaban J connectivity index is 1.62. The molecule has 0 radical (unpaired) electrons. The predicted molar refractivity (Wildman–Crippen MR) is 135 cm³/mol. The van der Waals surface area contributed by atoms with Crippen molar-refractivity contribution >= 4 is 0 Å². The molecule has 0 unspecified atom stereocenters. The van der Waals surface area contributed by atoms with Crippen LogP contribution in [0, 0.1) is 50.2 Å². The number of fused-ring (bicyclic) bond motifs is 7. The summed E-state index contributed by atoms with van der Waals surface area (Å²) in [4.78, 5) is 0. The third kappa shape index (κ3) is 2.75. The lowest BCUT2D eigenvalue weighted by atomic mass is 9.34. The lowest BCUT2D eigenvalue weighted by molar-refractivity contribution is -0.199. The highest BCUT2D eigenvalue weighted by Gasteiger charge is 2.68. The van der Waals surface area contributed by atoms with Crippen LogP contribution in [-0.4, -0.2) is 45.3 Å². The molecule has 0 amide bonds. The molecular weight excluding hydrogens is 424 g/mol. The summed E-state index contributed by atoms with van der Waals surface area (Å²) in [5, 5.41) is 43.7. The number of hydrogen-bond donors (Lipinski definition) is 4. The highest BCUT2D eigenvalue weighted by Crippen LogP contribution is 2.74. The minimum Gasteiger partial charge on any atom is -0.395 e. The van der Waals surface area contributed by atoms with Gasteiger partial charge in [0.1, 0.15) is 0 Å². The number of aliphatic hydroxyl groups is 4. The minimum atomic E-state index is -0.979. The largest absolute Gasteiger partial charge is 0.395 e. The van der Waals surface area contributed by atoms with E-state index < -0.39 is 23.0 Å². The second kappa shape index (κ2) is 7.21. The first-order valence-electron chi connectivity index (χ1n) is 13.7. The first kappa shape index (κ1) is 25.0. The molecule has 10 atom stereocenters. The molecule has 0 heterocycles. The van der Waals surface area contributed by atoms with Gasteiger partial charge in [-0.15, -0.1) is 0 Å². The number of allylic oxidation sites excluding steroid dienone is 3. The molecule has 4 N–H and O–H groups in total. The van der Waals surface area contributed by atoms with Gasteiger partial charge in [0.2, 0.25) is 0 Å². The summed E-state index contributed by atoms with van der Waals surface area (Å²) in [5.74, 6) is 1.06. The third-order valence-electron chi connectivity index (χ3n) is 12.8. The molecule has 5 rings (SSSR count). The van der Waals surface area contributed by atoms with Gasteiger partial charge in [0.05, 0.1) is 24.9 Å². The van der Waals surface area contributed by atoms with E-state index in [9.17, 15) is 20.4 Å². The molecule has 0 saturated heterocycles. The van der Waals surface area contributed by atoms with E-state index in [-0.39, 0.29) is 40.3 Å². The number of rotatable bonds is 1. The van der Waals surface area contributed by atoms with Crippen LogP contribution in [0.4, 0.5) is 0 Å². The quantitative estimate of drug-likeness (QED) is 0.411. The van der Waals surface area contributed by atoms with Crippen molar-refractivity contribution in [3.63, 3.8) is 0 Å². The van der Waals surface area contributed by atoms with E-state index in [1.165, 1.54) is 5.57 Å². The second-order valence-electron chi connectivity index (χ2n) is 14.8. The van der Waals surface area contributed by atoms with E-state index in [1.54, 1.807) is 0 Å². The van der Waals surface area contributed by atoms with E-state index in [4.69, 9.17) is 0 Å². The van der Waals surface area contributed by atoms with Gasteiger partial charge in [-0.05, 0) is 77.9 Å². The van der Waals surface area contributed by atoms with Gasteiger partial charge in [-0.25, -0.2) is 0 Å². The molecule has 4 heteroatoms.